The topological polar surface area (TPSA) is 35.5 Å². The number of carbonyl (C=O) groups is 1. The molecule has 0 heterocycles. The van der Waals surface area contributed by atoms with Crippen molar-refractivity contribution in [3.63, 3.8) is 0 Å². The molecule has 0 saturated heterocycles. The molecule has 24 heavy (non-hydrogen) atoms. The highest BCUT2D eigenvalue weighted by atomic mass is 16.5. The maximum absolute atomic E-state index is 12.1. The predicted molar refractivity (Wildman–Crippen MR) is 100 cm³/mol. The Balaban J connectivity index is 2.18. The lowest BCUT2D eigenvalue weighted by atomic mass is 10.0. The average molecular weight is 335 g/mol. The van der Waals surface area contributed by atoms with E-state index >= 15 is 0 Å². The molecule has 0 N–H and O–H groups in total. The molecule has 0 atom stereocenters. The van der Waals surface area contributed by atoms with Gasteiger partial charge in [0.25, 0.3) is 0 Å². The number of hydrogen-bond donors (Lipinski definition) is 0. The summed E-state index contributed by atoms with van der Waals surface area (Å²) in [5, 5.41) is 0. The summed E-state index contributed by atoms with van der Waals surface area (Å²) >= 11 is 0. The lowest BCUT2D eigenvalue weighted by molar-refractivity contribution is -0.118. The molecule has 0 aliphatic carbocycles. The number of benzene rings is 1. The summed E-state index contributed by atoms with van der Waals surface area (Å²) in [5.41, 5.74) is 0.965. The van der Waals surface area contributed by atoms with Crippen LogP contribution < -0.4 is 9.47 Å². The summed E-state index contributed by atoms with van der Waals surface area (Å²) in [5.74, 6) is 1.77. The zero-order valence-corrected chi connectivity index (χ0v) is 15.7. The van der Waals surface area contributed by atoms with Crippen LogP contribution in [-0.2, 0) is 11.2 Å². The number of unbranched alkanes of at least 4 members (excludes halogenated alkanes) is 8. The molecule has 0 amide bonds. The third kappa shape index (κ3) is 8.95. The van der Waals surface area contributed by atoms with Gasteiger partial charge in [-0.15, -0.1) is 0 Å². The number of rotatable bonds is 14. The highest BCUT2D eigenvalue weighted by Gasteiger charge is 2.07. The van der Waals surface area contributed by atoms with E-state index in [0.29, 0.717) is 18.6 Å². The lowest BCUT2D eigenvalue weighted by Crippen LogP contribution is -2.03. The minimum absolute atomic E-state index is 0.299. The van der Waals surface area contributed by atoms with Crippen molar-refractivity contribution in [3.05, 3.63) is 23.8 Å². The Morgan fingerprint density at radius 1 is 0.792 bits per heavy atom. The third-order valence-electron chi connectivity index (χ3n) is 4.37. The average Bonchev–Trinajstić information content (AvgIpc) is 2.59. The molecule has 0 bridgehead atoms. The summed E-state index contributed by atoms with van der Waals surface area (Å²) in [6, 6.07) is 5.65. The molecule has 136 valence electrons. The van der Waals surface area contributed by atoms with Crippen LogP contribution in [0.2, 0.25) is 0 Å². The van der Waals surface area contributed by atoms with E-state index in [1.165, 1.54) is 51.4 Å². The summed E-state index contributed by atoms with van der Waals surface area (Å²) in [6.45, 7) is 2.25. The third-order valence-corrected chi connectivity index (χ3v) is 4.37. The van der Waals surface area contributed by atoms with E-state index in [1.807, 2.05) is 18.2 Å². The van der Waals surface area contributed by atoms with Crippen LogP contribution in [-0.4, -0.2) is 20.0 Å². The Labute approximate surface area is 147 Å². The Hall–Kier alpha value is -1.51. The van der Waals surface area contributed by atoms with Gasteiger partial charge in [-0.2, -0.15) is 0 Å². The van der Waals surface area contributed by atoms with Gasteiger partial charge in [-0.25, -0.2) is 0 Å². The Morgan fingerprint density at radius 3 is 1.79 bits per heavy atom. The summed E-state index contributed by atoms with van der Waals surface area (Å²) in [4.78, 5) is 12.1. The largest absolute Gasteiger partial charge is 0.497 e. The van der Waals surface area contributed by atoms with Crippen LogP contribution in [0.25, 0.3) is 0 Å². The Bertz CT molecular complexity index is 446. The summed E-state index contributed by atoms with van der Waals surface area (Å²) < 4.78 is 10.5. The van der Waals surface area contributed by atoms with E-state index in [1.54, 1.807) is 14.2 Å². The molecule has 3 heteroatoms. The zero-order valence-electron chi connectivity index (χ0n) is 15.7. The van der Waals surface area contributed by atoms with Crippen molar-refractivity contribution in [2.75, 3.05) is 14.2 Å². The van der Waals surface area contributed by atoms with Crippen LogP contribution >= 0.6 is 0 Å². The summed E-state index contributed by atoms with van der Waals surface area (Å²) in [7, 11) is 3.26. The molecule has 1 rings (SSSR count). The number of ether oxygens (including phenoxy) is 2. The Morgan fingerprint density at radius 2 is 1.29 bits per heavy atom. The predicted octanol–water partition coefficient (Wildman–Crippen LogP) is 5.74. The van der Waals surface area contributed by atoms with E-state index in [-0.39, 0.29) is 0 Å². The first-order valence-electron chi connectivity index (χ1n) is 9.43. The first-order chi connectivity index (χ1) is 11.7. The minimum Gasteiger partial charge on any atom is -0.497 e. The molecule has 0 saturated carbocycles. The van der Waals surface area contributed by atoms with Crippen molar-refractivity contribution in [1.82, 2.24) is 0 Å². The number of Topliss-reactive ketones (excluding diaryl/α,β-unsaturated/α-hetero) is 1. The van der Waals surface area contributed by atoms with Crippen molar-refractivity contribution in [3.8, 4) is 11.5 Å². The first kappa shape index (κ1) is 20.5. The van der Waals surface area contributed by atoms with Crippen LogP contribution in [0.5, 0.6) is 11.5 Å². The normalized spacial score (nSPS) is 10.6. The quantitative estimate of drug-likeness (QED) is 0.407. The second-order valence-electron chi connectivity index (χ2n) is 6.51. The molecule has 0 aliphatic rings. The van der Waals surface area contributed by atoms with Crippen molar-refractivity contribution >= 4 is 5.78 Å². The molecular formula is C21H34O3. The molecule has 3 nitrogen and oxygen atoms in total. The summed E-state index contributed by atoms with van der Waals surface area (Å²) in [6.07, 6.45) is 12.6. The number of hydrogen-bond acceptors (Lipinski definition) is 3. The van der Waals surface area contributed by atoms with Crippen LogP contribution in [0.1, 0.15) is 76.7 Å². The molecule has 0 radical (unpaired) electrons. The fraction of sp³-hybridized carbons (Fsp3) is 0.667. The molecule has 0 aromatic heterocycles. The van der Waals surface area contributed by atoms with Gasteiger partial charge in [0.1, 0.15) is 17.3 Å². The molecule has 1 aromatic carbocycles. The first-order valence-corrected chi connectivity index (χ1v) is 9.43. The van der Waals surface area contributed by atoms with Gasteiger partial charge in [-0.05, 0) is 24.1 Å². The SMILES string of the molecule is CCCCCCCCCCCC(=O)Cc1cc(OC)cc(OC)c1. The standard InChI is InChI=1S/C21H34O3/c1-4-5-6-7-8-9-10-11-12-13-19(22)14-18-15-20(23-2)17-21(16-18)24-3/h15-17H,4-14H2,1-3H3. The number of carbonyl (C=O) groups excluding carboxylic acids is 1. The Kier molecular flexibility index (Phi) is 11.0. The molecular weight excluding hydrogens is 300 g/mol. The van der Waals surface area contributed by atoms with Crippen LogP contribution in [0, 0.1) is 0 Å². The maximum Gasteiger partial charge on any atom is 0.137 e. The fourth-order valence-corrected chi connectivity index (χ4v) is 2.92. The van der Waals surface area contributed by atoms with Crippen LogP contribution in [0.3, 0.4) is 0 Å². The molecule has 1 aromatic rings. The second kappa shape index (κ2) is 12.9. The minimum atomic E-state index is 0.299. The van der Waals surface area contributed by atoms with Crippen molar-refractivity contribution in [2.24, 2.45) is 0 Å². The van der Waals surface area contributed by atoms with E-state index in [4.69, 9.17) is 9.47 Å². The van der Waals surface area contributed by atoms with Crippen molar-refractivity contribution in [1.29, 1.82) is 0 Å². The maximum atomic E-state index is 12.1. The van der Waals surface area contributed by atoms with Gasteiger partial charge < -0.3 is 9.47 Å². The fourth-order valence-electron chi connectivity index (χ4n) is 2.92. The van der Waals surface area contributed by atoms with Crippen LogP contribution in [0.4, 0.5) is 0 Å². The van der Waals surface area contributed by atoms with Crippen molar-refractivity contribution in [2.45, 2.75) is 77.6 Å². The molecule has 0 aliphatic heterocycles. The molecule has 0 spiro atoms. The second-order valence-corrected chi connectivity index (χ2v) is 6.51. The van der Waals surface area contributed by atoms with Gasteiger partial charge in [-0.3, -0.25) is 4.79 Å². The smallest absolute Gasteiger partial charge is 0.137 e. The number of ketones is 1. The van der Waals surface area contributed by atoms with E-state index in [9.17, 15) is 4.79 Å². The monoisotopic (exact) mass is 334 g/mol. The van der Waals surface area contributed by atoms with Gasteiger partial charge >= 0.3 is 0 Å². The molecule has 0 fully saturated rings. The van der Waals surface area contributed by atoms with Gasteiger partial charge in [0.15, 0.2) is 0 Å². The van der Waals surface area contributed by atoms with Crippen LogP contribution in [0.15, 0.2) is 18.2 Å². The van der Waals surface area contributed by atoms with Gasteiger partial charge in [-0.1, -0.05) is 58.3 Å². The van der Waals surface area contributed by atoms with Gasteiger partial charge in [0, 0.05) is 18.9 Å². The highest BCUT2D eigenvalue weighted by Crippen LogP contribution is 2.23. The van der Waals surface area contributed by atoms with E-state index in [0.717, 1.165) is 23.5 Å². The van der Waals surface area contributed by atoms with Gasteiger partial charge in [0.2, 0.25) is 0 Å². The highest BCUT2D eigenvalue weighted by molar-refractivity contribution is 5.81. The van der Waals surface area contributed by atoms with Gasteiger partial charge in [0.05, 0.1) is 14.2 Å². The van der Waals surface area contributed by atoms with E-state index < -0.39 is 0 Å². The van der Waals surface area contributed by atoms with E-state index in [2.05, 4.69) is 6.92 Å². The number of methoxy groups -OCH3 is 2. The zero-order chi connectivity index (χ0) is 17.6. The lowest BCUT2D eigenvalue weighted by Gasteiger charge is -2.08. The molecule has 0 unspecified atom stereocenters. The van der Waals surface area contributed by atoms with Crippen molar-refractivity contribution < 1.29 is 14.3 Å².